The van der Waals surface area contributed by atoms with Gasteiger partial charge in [-0.15, -0.1) is 0 Å². The van der Waals surface area contributed by atoms with Gasteiger partial charge in [-0.2, -0.15) is 0 Å². The molecule has 2 radical (unpaired) electrons. The summed E-state index contributed by atoms with van der Waals surface area (Å²) in [6.45, 7) is 2.22. The van der Waals surface area contributed by atoms with Gasteiger partial charge in [0.05, 0.1) is 0 Å². The number of unbranched alkanes of at least 4 members (excludes halogenated alkanes) is 1. The van der Waals surface area contributed by atoms with Gasteiger partial charge in [0.15, 0.2) is 0 Å². The number of halogens is 1. The first kappa shape index (κ1) is 10.3. The van der Waals surface area contributed by atoms with E-state index in [0.29, 0.717) is 0 Å². The molecule has 1 nitrogen and oxygen atoms in total. The van der Waals surface area contributed by atoms with Crippen LogP contribution in [0.15, 0.2) is 18.3 Å². The molecule has 0 aliphatic rings. The predicted octanol–water partition coefficient (Wildman–Crippen LogP) is 2.28. The molecule has 1 aromatic rings. The average molecular weight is 288 g/mol. The van der Waals surface area contributed by atoms with Crippen LogP contribution in [0.1, 0.15) is 19.8 Å². The molecular formula is C9H12ClNSn. The molecule has 0 saturated heterocycles. The summed E-state index contributed by atoms with van der Waals surface area (Å²) >= 11 is 5.52. The fourth-order valence-electron chi connectivity index (χ4n) is 0.899. The van der Waals surface area contributed by atoms with Crippen LogP contribution in [0.3, 0.4) is 0 Å². The zero-order valence-corrected chi connectivity index (χ0v) is 10.8. The van der Waals surface area contributed by atoms with Gasteiger partial charge in [0.1, 0.15) is 0 Å². The molecular weight excluding hydrogens is 276 g/mol. The van der Waals surface area contributed by atoms with Gasteiger partial charge in [0.2, 0.25) is 0 Å². The van der Waals surface area contributed by atoms with Gasteiger partial charge < -0.3 is 0 Å². The number of aromatic nitrogens is 1. The molecule has 0 saturated carbocycles. The van der Waals surface area contributed by atoms with Gasteiger partial charge >= 0.3 is 89.0 Å². The molecule has 0 aliphatic carbocycles. The molecule has 1 heterocycles. The Hall–Kier alpha value is 0.239. The van der Waals surface area contributed by atoms with Crippen LogP contribution in [-0.2, 0) is 0 Å². The Morgan fingerprint density at radius 2 is 2.42 bits per heavy atom. The summed E-state index contributed by atoms with van der Waals surface area (Å²) in [5, 5.41) is 0.875. The number of hydrogen-bond acceptors (Lipinski definition) is 1. The molecule has 1 rings (SSSR count). The van der Waals surface area contributed by atoms with Gasteiger partial charge in [-0.3, -0.25) is 0 Å². The minimum absolute atomic E-state index is 0.464. The third kappa shape index (κ3) is 3.31. The maximum atomic E-state index is 5.98. The summed E-state index contributed by atoms with van der Waals surface area (Å²) in [4.78, 5) is 4.29. The zero-order chi connectivity index (χ0) is 8.81. The molecule has 0 N–H and O–H groups in total. The molecule has 0 aromatic carbocycles. The normalized spacial score (nSPS) is 10.2. The maximum absolute atomic E-state index is 5.98. The predicted molar refractivity (Wildman–Crippen MR) is 54.4 cm³/mol. The van der Waals surface area contributed by atoms with E-state index in [-0.39, 0.29) is 0 Å². The summed E-state index contributed by atoms with van der Waals surface area (Å²) < 4.78 is 2.56. The van der Waals surface area contributed by atoms with Gasteiger partial charge in [0.25, 0.3) is 0 Å². The summed E-state index contributed by atoms with van der Waals surface area (Å²) in [5.41, 5.74) is 0. The number of pyridine rings is 1. The number of hydrogen-bond donors (Lipinski definition) is 0. The van der Waals surface area contributed by atoms with Crippen molar-refractivity contribution in [2.75, 3.05) is 0 Å². The molecule has 64 valence electrons. The topological polar surface area (TPSA) is 12.9 Å². The molecule has 0 bridgehead atoms. The van der Waals surface area contributed by atoms with Crippen molar-refractivity contribution in [3.8, 4) is 0 Å². The van der Waals surface area contributed by atoms with Gasteiger partial charge in [-0.1, -0.05) is 0 Å². The second-order valence-corrected chi connectivity index (χ2v) is 6.81. The van der Waals surface area contributed by atoms with Crippen molar-refractivity contribution in [3.63, 3.8) is 0 Å². The van der Waals surface area contributed by atoms with Crippen molar-refractivity contribution in [2.45, 2.75) is 24.2 Å². The quantitative estimate of drug-likeness (QED) is 0.612. The van der Waals surface area contributed by atoms with Crippen LogP contribution in [0, 0.1) is 0 Å². The van der Waals surface area contributed by atoms with E-state index in [0.717, 1.165) is 5.02 Å². The van der Waals surface area contributed by atoms with Crippen molar-refractivity contribution < 1.29 is 0 Å². The third-order valence-corrected chi connectivity index (χ3v) is 6.15. The van der Waals surface area contributed by atoms with Crippen LogP contribution in [0.25, 0.3) is 0 Å². The van der Waals surface area contributed by atoms with E-state index in [4.69, 9.17) is 11.6 Å². The monoisotopic (exact) mass is 289 g/mol. The Labute approximate surface area is 88.8 Å². The summed E-state index contributed by atoms with van der Waals surface area (Å²) in [6, 6.07) is 3.84. The molecule has 3 heteroatoms. The van der Waals surface area contributed by atoms with Crippen LogP contribution < -0.4 is 3.71 Å². The van der Waals surface area contributed by atoms with Crippen LogP contribution in [0.5, 0.6) is 0 Å². The summed E-state index contributed by atoms with van der Waals surface area (Å²) in [6.07, 6.45) is 4.46. The average Bonchev–Trinajstić information content (AvgIpc) is 2.09. The van der Waals surface area contributed by atoms with E-state index in [1.165, 1.54) is 21.0 Å². The Balaban J connectivity index is 2.46. The van der Waals surface area contributed by atoms with E-state index < -0.39 is 21.1 Å². The van der Waals surface area contributed by atoms with Crippen molar-refractivity contribution in [2.24, 2.45) is 0 Å². The van der Waals surface area contributed by atoms with E-state index >= 15 is 0 Å². The first-order valence-corrected chi connectivity index (χ1v) is 8.01. The van der Waals surface area contributed by atoms with Gasteiger partial charge in [-0.25, -0.2) is 0 Å². The standard InChI is InChI=1S/C5H3ClN.C4H9.Sn/c6-5-2-1-3-7-4-5;1-3-4-2;/h1-3H;1,3-4H2,2H3;. The Kier molecular flexibility index (Phi) is 5.00. The van der Waals surface area contributed by atoms with Crippen LogP contribution in [-0.4, -0.2) is 26.1 Å². The first-order chi connectivity index (χ1) is 5.84. The molecule has 0 aliphatic heterocycles. The second kappa shape index (κ2) is 5.81. The van der Waals surface area contributed by atoms with Gasteiger partial charge in [0, 0.05) is 0 Å². The Bertz CT molecular complexity index is 240. The van der Waals surface area contributed by atoms with E-state index in [9.17, 15) is 0 Å². The molecule has 0 spiro atoms. The van der Waals surface area contributed by atoms with Crippen molar-refractivity contribution in [3.05, 3.63) is 23.4 Å². The SMILES string of the molecule is CCC[CH2][Sn][c]1ncccc1Cl. The van der Waals surface area contributed by atoms with Crippen molar-refractivity contribution in [1.82, 2.24) is 4.98 Å². The fourth-order valence-corrected chi connectivity index (χ4v) is 4.85. The first-order valence-electron chi connectivity index (χ1n) is 4.19. The van der Waals surface area contributed by atoms with E-state index in [2.05, 4.69) is 11.9 Å². The minimum atomic E-state index is -0.464. The van der Waals surface area contributed by atoms with Crippen molar-refractivity contribution in [1.29, 1.82) is 0 Å². The fraction of sp³-hybridized carbons (Fsp3) is 0.444. The molecule has 0 atom stereocenters. The third-order valence-electron chi connectivity index (χ3n) is 1.58. The Morgan fingerprint density at radius 1 is 1.58 bits per heavy atom. The summed E-state index contributed by atoms with van der Waals surface area (Å²) in [7, 11) is 0. The van der Waals surface area contributed by atoms with Crippen LogP contribution in [0.4, 0.5) is 0 Å². The molecule has 12 heavy (non-hydrogen) atoms. The molecule has 1 aromatic heterocycles. The van der Waals surface area contributed by atoms with E-state index in [1.807, 2.05) is 18.3 Å². The number of rotatable bonds is 4. The molecule has 0 fully saturated rings. The van der Waals surface area contributed by atoms with E-state index in [1.54, 1.807) is 0 Å². The Morgan fingerprint density at radius 3 is 3.08 bits per heavy atom. The van der Waals surface area contributed by atoms with Crippen molar-refractivity contribution >= 4 is 36.5 Å². The second-order valence-electron chi connectivity index (χ2n) is 2.61. The molecule has 0 unspecified atom stereocenters. The zero-order valence-electron chi connectivity index (χ0n) is 7.18. The van der Waals surface area contributed by atoms with Crippen LogP contribution in [0.2, 0.25) is 9.46 Å². The molecule has 0 amide bonds. The van der Waals surface area contributed by atoms with Gasteiger partial charge in [-0.05, 0) is 0 Å². The summed E-state index contributed by atoms with van der Waals surface area (Å²) in [5.74, 6) is 0. The van der Waals surface area contributed by atoms with Crippen LogP contribution >= 0.6 is 11.6 Å². The number of nitrogens with zero attached hydrogens (tertiary/aromatic N) is 1.